The molecule has 1 saturated heterocycles. The van der Waals surface area contributed by atoms with Gasteiger partial charge in [0.1, 0.15) is 11.5 Å². The second-order valence-corrected chi connectivity index (χ2v) is 11.3. The number of fused-ring (bicyclic) bond motifs is 1. The number of carbonyl (C=O) groups is 1. The first-order chi connectivity index (χ1) is 16.1. The quantitative estimate of drug-likeness (QED) is 0.393. The number of pyridine rings is 1. The predicted octanol–water partition coefficient (Wildman–Crippen LogP) is 2.59. The number of nitrogens with zero attached hydrogens (tertiary/aromatic N) is 2. The lowest BCUT2D eigenvalue weighted by Gasteiger charge is -2.32. The van der Waals surface area contributed by atoms with Crippen LogP contribution in [0.2, 0.25) is 0 Å². The third kappa shape index (κ3) is 4.33. The molecule has 9 nitrogen and oxygen atoms in total. The Morgan fingerprint density at radius 2 is 1.77 bits per heavy atom. The van der Waals surface area contributed by atoms with E-state index < -0.39 is 57.2 Å². The molecule has 0 radical (unpaired) electrons. The minimum atomic E-state index is -4.09. The van der Waals surface area contributed by atoms with Gasteiger partial charge in [-0.25, -0.2) is 13.8 Å². The standard InChI is InChI=1S/C22H25BF2N4O5S/c1-21(2)22(3,4)34-23(33-21)12-9-13-14(11-27-20(13)26-10-12)19(30)17-15(24)7-8-16(18(17)25)28-35(31,32)29(5)6/h7-11,28H,1-6H3,(H,26,27). The van der Waals surface area contributed by atoms with E-state index in [0.717, 1.165) is 16.4 Å². The molecule has 35 heavy (non-hydrogen) atoms. The Balaban J connectivity index is 1.75. The van der Waals surface area contributed by atoms with Gasteiger partial charge in [-0.2, -0.15) is 12.7 Å². The molecule has 0 spiro atoms. The van der Waals surface area contributed by atoms with Gasteiger partial charge < -0.3 is 14.3 Å². The van der Waals surface area contributed by atoms with E-state index in [1.807, 2.05) is 32.4 Å². The first-order valence-corrected chi connectivity index (χ1v) is 12.1. The molecular formula is C22H25BF2N4O5S. The molecule has 3 heterocycles. The maximum absolute atomic E-state index is 15.2. The van der Waals surface area contributed by atoms with E-state index in [1.165, 1.54) is 26.5 Å². The van der Waals surface area contributed by atoms with Crippen molar-refractivity contribution in [3.63, 3.8) is 0 Å². The molecule has 0 saturated carbocycles. The second kappa shape index (κ2) is 8.37. The Hall–Kier alpha value is -2.87. The van der Waals surface area contributed by atoms with E-state index in [0.29, 0.717) is 16.5 Å². The first-order valence-electron chi connectivity index (χ1n) is 10.7. The van der Waals surface area contributed by atoms with Crippen LogP contribution in [0.15, 0.2) is 30.6 Å². The number of nitrogens with one attached hydrogen (secondary N) is 2. The van der Waals surface area contributed by atoms with Gasteiger partial charge >= 0.3 is 17.3 Å². The molecular weight excluding hydrogens is 481 g/mol. The summed E-state index contributed by atoms with van der Waals surface area (Å²) in [5.41, 5.74) is -1.86. The van der Waals surface area contributed by atoms with Gasteiger partial charge in [0.05, 0.1) is 22.5 Å². The zero-order chi connectivity index (χ0) is 25.9. The third-order valence-electron chi connectivity index (χ3n) is 6.36. The Labute approximate surface area is 202 Å². The van der Waals surface area contributed by atoms with Crippen LogP contribution in [0.4, 0.5) is 14.5 Å². The number of aromatic amines is 1. The molecule has 0 unspecified atom stereocenters. The highest BCUT2D eigenvalue weighted by molar-refractivity contribution is 7.90. The van der Waals surface area contributed by atoms with Crippen LogP contribution in [0.5, 0.6) is 0 Å². The van der Waals surface area contributed by atoms with Gasteiger partial charge in [-0.1, -0.05) is 0 Å². The lowest BCUT2D eigenvalue weighted by Crippen LogP contribution is -2.41. The zero-order valence-electron chi connectivity index (χ0n) is 20.1. The van der Waals surface area contributed by atoms with E-state index >= 15 is 4.39 Å². The smallest absolute Gasteiger partial charge is 0.399 e. The first kappa shape index (κ1) is 25.2. The van der Waals surface area contributed by atoms with E-state index in [4.69, 9.17) is 9.31 Å². The highest BCUT2D eigenvalue weighted by Crippen LogP contribution is 2.36. The van der Waals surface area contributed by atoms with Crippen molar-refractivity contribution >= 4 is 45.3 Å². The maximum Gasteiger partial charge on any atom is 0.496 e. The van der Waals surface area contributed by atoms with Crippen LogP contribution in [0.1, 0.15) is 43.6 Å². The van der Waals surface area contributed by atoms with Gasteiger partial charge in [-0.15, -0.1) is 0 Å². The van der Waals surface area contributed by atoms with Crippen LogP contribution >= 0.6 is 0 Å². The van der Waals surface area contributed by atoms with Crippen molar-refractivity contribution in [2.24, 2.45) is 0 Å². The lowest BCUT2D eigenvalue weighted by molar-refractivity contribution is 0.00578. The summed E-state index contributed by atoms with van der Waals surface area (Å²) in [5, 5.41) is 0.306. The van der Waals surface area contributed by atoms with Crippen LogP contribution in [-0.2, 0) is 19.5 Å². The Morgan fingerprint density at radius 3 is 2.37 bits per heavy atom. The van der Waals surface area contributed by atoms with Crippen LogP contribution < -0.4 is 10.2 Å². The molecule has 2 N–H and O–H groups in total. The third-order valence-corrected chi connectivity index (χ3v) is 7.80. The van der Waals surface area contributed by atoms with Crippen molar-refractivity contribution in [3.05, 3.63) is 53.4 Å². The number of anilines is 1. The average Bonchev–Trinajstić information content (AvgIpc) is 3.26. The van der Waals surface area contributed by atoms with Gasteiger partial charge in [0.15, 0.2) is 5.82 Å². The van der Waals surface area contributed by atoms with Gasteiger partial charge in [0, 0.05) is 42.9 Å². The predicted molar refractivity (Wildman–Crippen MR) is 128 cm³/mol. The Kier molecular flexibility index (Phi) is 6.03. The number of aromatic nitrogens is 2. The van der Waals surface area contributed by atoms with Crippen LogP contribution in [0.25, 0.3) is 11.0 Å². The van der Waals surface area contributed by atoms with Crippen molar-refractivity contribution in [1.29, 1.82) is 0 Å². The fourth-order valence-electron chi connectivity index (χ4n) is 3.52. The van der Waals surface area contributed by atoms with Gasteiger partial charge in [-0.3, -0.25) is 9.52 Å². The summed E-state index contributed by atoms with van der Waals surface area (Å²) in [6, 6.07) is 3.35. The summed E-state index contributed by atoms with van der Waals surface area (Å²) < 4.78 is 68.9. The van der Waals surface area contributed by atoms with Crippen molar-refractivity contribution in [3.8, 4) is 0 Å². The van der Waals surface area contributed by atoms with Gasteiger partial charge in [-0.05, 0) is 45.9 Å². The van der Waals surface area contributed by atoms with E-state index in [-0.39, 0.29) is 5.56 Å². The molecule has 2 aromatic heterocycles. The molecule has 0 aliphatic carbocycles. The molecule has 186 valence electrons. The summed E-state index contributed by atoms with van der Waals surface area (Å²) in [7, 11) is -2.36. The highest BCUT2D eigenvalue weighted by atomic mass is 32.2. The molecule has 1 aliphatic rings. The van der Waals surface area contributed by atoms with Gasteiger partial charge in [0.2, 0.25) is 5.78 Å². The molecule has 0 bridgehead atoms. The summed E-state index contributed by atoms with van der Waals surface area (Å²) in [5.74, 6) is -3.44. The topological polar surface area (TPSA) is 114 Å². The largest absolute Gasteiger partial charge is 0.496 e. The Morgan fingerprint density at radius 1 is 1.14 bits per heavy atom. The van der Waals surface area contributed by atoms with Crippen LogP contribution in [-0.4, -0.2) is 60.9 Å². The van der Waals surface area contributed by atoms with E-state index in [2.05, 4.69) is 9.97 Å². The van der Waals surface area contributed by atoms with Crippen molar-refractivity contribution in [1.82, 2.24) is 14.3 Å². The van der Waals surface area contributed by atoms with Crippen molar-refractivity contribution in [2.75, 3.05) is 18.8 Å². The maximum atomic E-state index is 15.2. The number of H-pyrrole nitrogens is 1. The monoisotopic (exact) mass is 506 g/mol. The molecule has 4 rings (SSSR count). The molecule has 1 aromatic carbocycles. The summed E-state index contributed by atoms with van der Waals surface area (Å²) in [6.45, 7) is 7.58. The number of ketones is 1. The van der Waals surface area contributed by atoms with Crippen LogP contribution in [0, 0.1) is 11.6 Å². The lowest BCUT2D eigenvalue weighted by atomic mass is 9.79. The summed E-state index contributed by atoms with van der Waals surface area (Å²) in [6.07, 6.45) is 2.83. The second-order valence-electron chi connectivity index (χ2n) is 9.46. The fourth-order valence-corrected chi connectivity index (χ4v) is 4.14. The molecule has 1 fully saturated rings. The SMILES string of the molecule is CN(C)S(=O)(=O)Nc1ccc(F)c(C(=O)c2c[nH]c3ncc(B4OC(C)(C)C(C)(C)O4)cc23)c1F. The number of benzene rings is 1. The van der Waals surface area contributed by atoms with E-state index in [9.17, 15) is 17.6 Å². The zero-order valence-corrected chi connectivity index (χ0v) is 20.9. The minimum absolute atomic E-state index is 0.0451. The normalized spacial score (nSPS) is 17.3. The number of halogens is 2. The van der Waals surface area contributed by atoms with E-state index in [1.54, 1.807) is 6.07 Å². The summed E-state index contributed by atoms with van der Waals surface area (Å²) in [4.78, 5) is 20.4. The molecule has 0 atom stereocenters. The van der Waals surface area contributed by atoms with Crippen molar-refractivity contribution in [2.45, 2.75) is 38.9 Å². The average molecular weight is 506 g/mol. The number of carbonyl (C=O) groups excluding carboxylic acids is 1. The molecule has 0 amide bonds. The number of hydrogen-bond acceptors (Lipinski definition) is 6. The number of hydrogen-bond donors (Lipinski definition) is 2. The van der Waals surface area contributed by atoms with Crippen LogP contribution in [0.3, 0.4) is 0 Å². The summed E-state index contributed by atoms with van der Waals surface area (Å²) >= 11 is 0. The highest BCUT2D eigenvalue weighted by Gasteiger charge is 2.52. The van der Waals surface area contributed by atoms with Gasteiger partial charge in [0.25, 0.3) is 0 Å². The molecule has 1 aliphatic heterocycles. The number of rotatable bonds is 6. The fraction of sp³-hybridized carbons (Fsp3) is 0.364. The minimum Gasteiger partial charge on any atom is -0.399 e. The van der Waals surface area contributed by atoms with Crippen molar-refractivity contribution < 1.29 is 31.3 Å². The molecule has 13 heteroatoms. The Bertz CT molecular complexity index is 1420. The molecule has 3 aromatic rings.